The van der Waals surface area contributed by atoms with Gasteiger partial charge in [-0.1, -0.05) is 39.5 Å². The standard InChI is InChI=1S/C15H25N/c1-6-8-10-14(3)11-12-15(4)16(5)13-9-7-2/h8,11-12,14H,1,4,7,9-10,13H2,2-3,5H3/b12-11+. The Morgan fingerprint density at radius 3 is 2.75 bits per heavy atom. The molecule has 0 N–H and O–H groups in total. The summed E-state index contributed by atoms with van der Waals surface area (Å²) < 4.78 is 0. The molecule has 0 aromatic heterocycles. The van der Waals surface area contributed by atoms with Crippen molar-refractivity contribution in [2.45, 2.75) is 33.1 Å². The highest BCUT2D eigenvalue weighted by molar-refractivity contribution is 5.13. The summed E-state index contributed by atoms with van der Waals surface area (Å²) in [7, 11) is 2.09. The highest BCUT2D eigenvalue weighted by atomic mass is 15.1. The zero-order valence-corrected chi connectivity index (χ0v) is 11.0. The summed E-state index contributed by atoms with van der Waals surface area (Å²) in [5, 5.41) is 0. The van der Waals surface area contributed by atoms with Crippen LogP contribution in [0, 0.1) is 5.92 Å². The van der Waals surface area contributed by atoms with Crippen LogP contribution in [0.2, 0.25) is 0 Å². The van der Waals surface area contributed by atoms with E-state index in [1.54, 1.807) is 0 Å². The number of rotatable bonds is 8. The second-order valence-electron chi connectivity index (χ2n) is 4.25. The Labute approximate surface area is 101 Å². The molecule has 0 aromatic carbocycles. The number of hydrogen-bond acceptors (Lipinski definition) is 1. The molecule has 0 aliphatic rings. The van der Waals surface area contributed by atoms with Crippen LogP contribution in [-0.2, 0) is 0 Å². The normalized spacial score (nSPS) is 12.2. The molecule has 0 aromatic rings. The lowest BCUT2D eigenvalue weighted by Gasteiger charge is -2.19. The SMILES string of the molecule is C=C=CCC(C)/C=C/C(=C)N(C)CCCC. The van der Waals surface area contributed by atoms with Gasteiger partial charge < -0.3 is 4.90 Å². The Balaban J connectivity index is 4.01. The molecule has 1 nitrogen and oxygen atoms in total. The quantitative estimate of drug-likeness (QED) is 0.438. The molecule has 1 heteroatoms. The van der Waals surface area contributed by atoms with Crippen molar-refractivity contribution in [2.75, 3.05) is 13.6 Å². The van der Waals surface area contributed by atoms with E-state index in [4.69, 9.17) is 0 Å². The fraction of sp³-hybridized carbons (Fsp3) is 0.533. The molecule has 0 aliphatic carbocycles. The highest BCUT2D eigenvalue weighted by Gasteiger charge is 1.98. The second-order valence-corrected chi connectivity index (χ2v) is 4.25. The maximum Gasteiger partial charge on any atom is 0.0287 e. The van der Waals surface area contributed by atoms with Gasteiger partial charge in [0.1, 0.15) is 0 Å². The molecule has 0 saturated carbocycles. The van der Waals surface area contributed by atoms with Gasteiger partial charge in [0.25, 0.3) is 0 Å². The van der Waals surface area contributed by atoms with Crippen molar-refractivity contribution in [2.24, 2.45) is 5.92 Å². The number of unbranched alkanes of at least 4 members (excludes halogenated alkanes) is 1. The first kappa shape index (κ1) is 14.8. The van der Waals surface area contributed by atoms with Gasteiger partial charge in [0.2, 0.25) is 0 Å². The van der Waals surface area contributed by atoms with Gasteiger partial charge in [0.15, 0.2) is 0 Å². The summed E-state index contributed by atoms with van der Waals surface area (Å²) in [6, 6.07) is 0. The maximum absolute atomic E-state index is 4.06. The lowest BCUT2D eigenvalue weighted by molar-refractivity contribution is 0.419. The molecule has 1 atom stereocenters. The summed E-state index contributed by atoms with van der Waals surface area (Å²) in [5.41, 5.74) is 3.88. The van der Waals surface area contributed by atoms with Crippen LogP contribution in [0.4, 0.5) is 0 Å². The minimum absolute atomic E-state index is 0.519. The molecule has 0 spiro atoms. The molecule has 0 bridgehead atoms. The predicted octanol–water partition coefficient (Wildman–Crippen LogP) is 4.16. The Morgan fingerprint density at radius 2 is 2.19 bits per heavy atom. The zero-order valence-electron chi connectivity index (χ0n) is 11.0. The third-order valence-electron chi connectivity index (χ3n) is 2.59. The van der Waals surface area contributed by atoms with Crippen LogP contribution in [0.3, 0.4) is 0 Å². The molecule has 0 heterocycles. The van der Waals surface area contributed by atoms with Gasteiger partial charge in [-0.25, -0.2) is 0 Å². The van der Waals surface area contributed by atoms with Gasteiger partial charge in [-0.2, -0.15) is 0 Å². The molecule has 16 heavy (non-hydrogen) atoms. The van der Waals surface area contributed by atoms with Crippen molar-refractivity contribution < 1.29 is 0 Å². The zero-order chi connectivity index (χ0) is 12.4. The number of hydrogen-bond donors (Lipinski definition) is 0. The van der Waals surface area contributed by atoms with Gasteiger partial charge in [-0.3, -0.25) is 0 Å². The third-order valence-corrected chi connectivity index (χ3v) is 2.59. The summed E-state index contributed by atoms with van der Waals surface area (Å²) in [6.45, 7) is 13.1. The van der Waals surface area contributed by atoms with Gasteiger partial charge in [-0.05, 0) is 30.9 Å². The van der Waals surface area contributed by atoms with Gasteiger partial charge in [0, 0.05) is 19.3 Å². The van der Waals surface area contributed by atoms with E-state index in [0.717, 1.165) is 18.7 Å². The van der Waals surface area contributed by atoms with E-state index >= 15 is 0 Å². The Hall–Kier alpha value is -1.20. The number of nitrogens with zero attached hydrogens (tertiary/aromatic N) is 1. The number of allylic oxidation sites excluding steroid dienone is 3. The lowest BCUT2D eigenvalue weighted by atomic mass is 10.1. The monoisotopic (exact) mass is 219 g/mol. The van der Waals surface area contributed by atoms with Crippen molar-refractivity contribution in [1.29, 1.82) is 0 Å². The predicted molar refractivity (Wildman–Crippen MR) is 73.3 cm³/mol. The minimum atomic E-state index is 0.519. The first-order chi connectivity index (χ1) is 7.61. The van der Waals surface area contributed by atoms with Crippen LogP contribution < -0.4 is 0 Å². The first-order valence-corrected chi connectivity index (χ1v) is 6.04. The molecular weight excluding hydrogens is 194 g/mol. The molecule has 90 valence electrons. The van der Waals surface area contributed by atoms with E-state index in [1.165, 1.54) is 12.8 Å². The average Bonchev–Trinajstić information content (AvgIpc) is 2.30. The molecule has 0 fully saturated rings. The minimum Gasteiger partial charge on any atom is -0.375 e. The van der Waals surface area contributed by atoms with Crippen molar-refractivity contribution in [3.05, 3.63) is 42.8 Å². The number of likely N-dealkylation sites (N-methyl/N-ethyl adjacent to an activating group) is 1. The summed E-state index contributed by atoms with van der Waals surface area (Å²) in [5.74, 6) is 0.519. The van der Waals surface area contributed by atoms with Crippen molar-refractivity contribution >= 4 is 0 Å². The lowest BCUT2D eigenvalue weighted by Crippen LogP contribution is -2.17. The van der Waals surface area contributed by atoms with Crippen LogP contribution in [0.5, 0.6) is 0 Å². The molecule has 0 radical (unpaired) electrons. The molecular formula is C15H25N. The van der Waals surface area contributed by atoms with Crippen molar-refractivity contribution in [3.63, 3.8) is 0 Å². The Morgan fingerprint density at radius 1 is 1.50 bits per heavy atom. The summed E-state index contributed by atoms with van der Waals surface area (Å²) >= 11 is 0. The molecule has 0 rings (SSSR count). The second kappa shape index (κ2) is 9.06. The van der Waals surface area contributed by atoms with E-state index < -0.39 is 0 Å². The molecule has 1 unspecified atom stereocenters. The van der Waals surface area contributed by atoms with E-state index in [-0.39, 0.29) is 0 Å². The van der Waals surface area contributed by atoms with E-state index in [0.29, 0.717) is 5.92 Å². The first-order valence-electron chi connectivity index (χ1n) is 6.04. The fourth-order valence-corrected chi connectivity index (χ4v) is 1.29. The van der Waals surface area contributed by atoms with Crippen LogP contribution >= 0.6 is 0 Å². The Kier molecular flexibility index (Phi) is 8.38. The van der Waals surface area contributed by atoms with Crippen molar-refractivity contribution in [1.82, 2.24) is 4.90 Å². The van der Waals surface area contributed by atoms with Crippen LogP contribution in [0.25, 0.3) is 0 Å². The smallest absolute Gasteiger partial charge is 0.0287 e. The topological polar surface area (TPSA) is 3.24 Å². The van der Waals surface area contributed by atoms with E-state index in [9.17, 15) is 0 Å². The largest absolute Gasteiger partial charge is 0.375 e. The van der Waals surface area contributed by atoms with Crippen LogP contribution in [-0.4, -0.2) is 18.5 Å². The van der Waals surface area contributed by atoms with Crippen LogP contribution in [0.1, 0.15) is 33.1 Å². The van der Waals surface area contributed by atoms with Crippen LogP contribution in [0.15, 0.2) is 42.8 Å². The van der Waals surface area contributed by atoms with Crippen molar-refractivity contribution in [3.8, 4) is 0 Å². The average molecular weight is 219 g/mol. The van der Waals surface area contributed by atoms with Gasteiger partial charge in [0.05, 0.1) is 0 Å². The fourth-order valence-electron chi connectivity index (χ4n) is 1.29. The molecule has 0 aliphatic heterocycles. The summed E-state index contributed by atoms with van der Waals surface area (Å²) in [6.07, 6.45) is 9.71. The highest BCUT2D eigenvalue weighted by Crippen LogP contribution is 2.08. The van der Waals surface area contributed by atoms with E-state index in [1.807, 2.05) is 6.08 Å². The third kappa shape index (κ3) is 7.14. The van der Waals surface area contributed by atoms with Gasteiger partial charge in [-0.15, -0.1) is 5.73 Å². The molecule has 0 amide bonds. The van der Waals surface area contributed by atoms with E-state index in [2.05, 4.69) is 56.8 Å². The van der Waals surface area contributed by atoms with Gasteiger partial charge >= 0.3 is 0 Å². The maximum atomic E-state index is 4.06. The Bertz CT molecular complexity index is 269. The molecule has 0 saturated heterocycles. The summed E-state index contributed by atoms with van der Waals surface area (Å²) in [4.78, 5) is 2.20.